The molecule has 0 bridgehead atoms. The second-order valence-corrected chi connectivity index (χ2v) is 25.6. The molecule has 7 aromatic rings. The van der Waals surface area contributed by atoms with Crippen molar-refractivity contribution in [2.75, 3.05) is 0 Å². The fourth-order valence-electron chi connectivity index (χ4n) is 8.81. The molecule has 2 atom stereocenters. The Morgan fingerprint density at radius 3 is 1.52 bits per heavy atom. The first-order valence-corrected chi connectivity index (χ1v) is 25.6. The van der Waals surface area contributed by atoms with Crippen LogP contribution < -0.4 is 13.6 Å². The van der Waals surface area contributed by atoms with Crippen LogP contribution in [0.15, 0.2) is 93.3 Å². The zero-order chi connectivity index (χ0) is 48.9. The molecule has 2 heterocycles. The lowest BCUT2D eigenvalue weighted by Gasteiger charge is -2.30. The van der Waals surface area contributed by atoms with Gasteiger partial charge in [0.25, 0.3) is 0 Å². The molecule has 0 N–H and O–H groups in total. The van der Waals surface area contributed by atoms with Gasteiger partial charge in [-0.05, 0) is 111 Å². The predicted octanol–water partition coefficient (Wildman–Crippen LogP) is 18.2. The van der Waals surface area contributed by atoms with Crippen LogP contribution in [-0.4, -0.2) is 5.97 Å². The van der Waals surface area contributed by atoms with Crippen molar-refractivity contribution < 1.29 is 31.3 Å². The molecule has 0 spiro atoms. The molecule has 2 unspecified atom stereocenters. The number of carbonyl (C=O) groups is 1. The van der Waals surface area contributed by atoms with Gasteiger partial charge in [-0.2, -0.15) is 0 Å². The van der Waals surface area contributed by atoms with Crippen LogP contribution >= 0.6 is 16.8 Å². The summed E-state index contributed by atoms with van der Waals surface area (Å²) in [4.78, 5) is 13.7. The van der Waals surface area contributed by atoms with Gasteiger partial charge < -0.3 is 26.5 Å². The lowest BCUT2D eigenvalue weighted by molar-refractivity contribution is 0.0698. The summed E-state index contributed by atoms with van der Waals surface area (Å²) in [5, 5.41) is 3.77. The third-order valence-corrected chi connectivity index (χ3v) is 14.6. The van der Waals surface area contributed by atoms with Crippen molar-refractivity contribution in [3.63, 3.8) is 0 Å². The molecule has 6 aromatic carbocycles. The summed E-state index contributed by atoms with van der Waals surface area (Å²) in [7, 11) is -4.36. The summed E-state index contributed by atoms with van der Waals surface area (Å²) >= 11 is 0. The van der Waals surface area contributed by atoms with Crippen molar-refractivity contribution in [2.45, 2.75) is 152 Å². The maximum atomic E-state index is 13.7. The summed E-state index contributed by atoms with van der Waals surface area (Å²) in [6.07, 6.45) is 0. The SMILES string of the molecule is Cc1cc(-c2cc(C)cc(C(C)(C)C)c2Op2oc3c(C)cc(C(C)(C)C)cc3c3cc(C(C)(C)C)cc(C(C)(C)C)c3o2)c(OP2OC(=O)c3ccc4ccccc4c3O2)c(C(C)(C)C)c1. The van der Waals surface area contributed by atoms with E-state index < -0.39 is 28.2 Å². The molecule has 8 rings (SSSR count). The molecule has 0 fully saturated rings. The summed E-state index contributed by atoms with van der Waals surface area (Å²) in [5.74, 6) is 1.15. The molecule has 0 aliphatic carbocycles. The van der Waals surface area contributed by atoms with E-state index in [4.69, 9.17) is 26.5 Å². The quantitative estimate of drug-likeness (QED) is 0.159. The van der Waals surface area contributed by atoms with E-state index in [2.05, 4.69) is 173 Å². The Labute approximate surface area is 400 Å². The molecule has 7 nitrogen and oxygen atoms in total. The van der Waals surface area contributed by atoms with E-state index in [9.17, 15) is 4.79 Å². The zero-order valence-corrected chi connectivity index (χ0v) is 44.6. The lowest BCUT2D eigenvalue weighted by atomic mass is 9.79. The Balaban J connectivity index is 1.42. The largest absolute Gasteiger partial charge is 0.532 e. The Hall–Kier alpha value is -5.22. The van der Waals surface area contributed by atoms with E-state index in [1.54, 1.807) is 6.07 Å². The molecule has 0 amide bonds. The van der Waals surface area contributed by atoms with Crippen LogP contribution in [0.4, 0.5) is 0 Å². The highest BCUT2D eigenvalue weighted by molar-refractivity contribution is 7.43. The number of fused-ring (bicyclic) bond motifs is 6. The van der Waals surface area contributed by atoms with Gasteiger partial charge in [0.1, 0.15) is 28.2 Å². The number of benzene rings is 6. The minimum absolute atomic E-state index is 0.111. The van der Waals surface area contributed by atoms with E-state index >= 15 is 0 Å². The number of carbonyl (C=O) groups excluding carboxylic acids is 1. The van der Waals surface area contributed by atoms with Crippen LogP contribution in [0.2, 0.25) is 0 Å². The monoisotopic (exact) mass is 938 g/mol. The Kier molecular flexibility index (Phi) is 12.1. The maximum Gasteiger partial charge on any atom is 0.532 e. The zero-order valence-electron chi connectivity index (χ0n) is 42.8. The lowest BCUT2D eigenvalue weighted by Crippen LogP contribution is -2.18. The summed E-state index contributed by atoms with van der Waals surface area (Å²) in [5.41, 5.74) is 10.7. The van der Waals surface area contributed by atoms with Crippen molar-refractivity contribution in [3.8, 4) is 28.4 Å². The van der Waals surface area contributed by atoms with Gasteiger partial charge in [0.15, 0.2) is 5.75 Å². The number of hydrogen-bond acceptors (Lipinski definition) is 7. The summed E-state index contributed by atoms with van der Waals surface area (Å²) < 4.78 is 41.5. The van der Waals surface area contributed by atoms with Crippen molar-refractivity contribution in [3.05, 3.63) is 135 Å². The van der Waals surface area contributed by atoms with Crippen LogP contribution in [0.5, 0.6) is 17.2 Å². The third-order valence-electron chi connectivity index (χ3n) is 12.7. The highest BCUT2D eigenvalue weighted by atomic mass is 31.2. The predicted molar refractivity (Wildman–Crippen MR) is 279 cm³/mol. The minimum Gasteiger partial charge on any atom is -0.407 e. The molecule has 352 valence electrons. The first-order valence-electron chi connectivity index (χ1n) is 23.4. The van der Waals surface area contributed by atoms with E-state index in [0.29, 0.717) is 22.8 Å². The van der Waals surface area contributed by atoms with E-state index in [1.165, 1.54) is 11.1 Å². The van der Waals surface area contributed by atoms with E-state index in [0.717, 1.165) is 77.2 Å². The van der Waals surface area contributed by atoms with Crippen LogP contribution in [-0.2, 0) is 31.6 Å². The van der Waals surface area contributed by atoms with Crippen molar-refractivity contribution >= 4 is 55.5 Å². The van der Waals surface area contributed by atoms with Gasteiger partial charge in [0.2, 0.25) is 0 Å². The van der Waals surface area contributed by atoms with Gasteiger partial charge in [-0.1, -0.05) is 158 Å². The second-order valence-electron chi connectivity index (χ2n) is 23.6. The normalized spacial score (nSPS) is 15.1. The van der Waals surface area contributed by atoms with Gasteiger partial charge in [-0.25, -0.2) is 4.79 Å². The second kappa shape index (κ2) is 16.8. The van der Waals surface area contributed by atoms with E-state index in [1.807, 2.05) is 30.3 Å². The third kappa shape index (κ3) is 9.49. The molecule has 1 aromatic heterocycles. The van der Waals surface area contributed by atoms with Gasteiger partial charge in [-0.15, -0.1) is 0 Å². The summed E-state index contributed by atoms with van der Waals surface area (Å²) in [6, 6.07) is 29.3. The molecule has 67 heavy (non-hydrogen) atoms. The fraction of sp³-hybridized carbons (Fsp3) is 0.397. The average molecular weight is 939 g/mol. The summed E-state index contributed by atoms with van der Waals surface area (Å²) in [6.45, 7) is 39.6. The first-order chi connectivity index (χ1) is 31.0. The van der Waals surface area contributed by atoms with Crippen LogP contribution in [0, 0.1) is 20.8 Å². The molecular formula is C58H68O7P2. The Morgan fingerprint density at radius 1 is 0.463 bits per heavy atom. The van der Waals surface area contributed by atoms with Crippen LogP contribution in [0.3, 0.4) is 0 Å². The Bertz CT molecular complexity index is 3160. The van der Waals surface area contributed by atoms with Crippen LogP contribution in [0.25, 0.3) is 43.8 Å². The number of rotatable bonds is 5. The highest BCUT2D eigenvalue weighted by Gasteiger charge is 2.37. The molecule has 1 aliphatic rings. The first kappa shape index (κ1) is 48.2. The molecule has 1 aliphatic heterocycles. The fourth-order valence-corrected chi connectivity index (χ4v) is 11.0. The molecular weight excluding hydrogens is 871 g/mol. The maximum absolute atomic E-state index is 13.7. The standard InChI is InChI=1S/C58H68O7P2/c1-33-25-41(42-26-34(2)28-46(57(13,14)15)51(42)64-67-61-49-39-22-20-19-21-36(39)23-24-40(49)53(59)65-67)50(45(27-33)56(10,11)12)62-66-60-48-35(3)29-37(54(4,5)6)30-43(48)44-31-38(55(7,8)9)32-47(52(44)63-66)58(16,17)18/h19-32H,1-18H3. The van der Waals surface area contributed by atoms with Crippen molar-refractivity contribution in [1.82, 2.24) is 0 Å². The van der Waals surface area contributed by atoms with Gasteiger partial charge in [0.05, 0.1) is 0 Å². The number of hydrogen-bond donors (Lipinski definition) is 0. The highest BCUT2D eigenvalue weighted by Crippen LogP contribution is 2.56. The molecule has 9 heteroatoms. The van der Waals surface area contributed by atoms with Crippen LogP contribution in [0.1, 0.15) is 159 Å². The topological polar surface area (TPSA) is 80.3 Å². The molecule has 0 radical (unpaired) electrons. The number of aryl methyl sites for hydroxylation is 3. The van der Waals surface area contributed by atoms with Gasteiger partial charge >= 0.3 is 22.8 Å². The average Bonchev–Trinajstić information content (AvgIpc) is 3.36. The minimum atomic E-state index is -2.23. The van der Waals surface area contributed by atoms with Crippen molar-refractivity contribution in [1.29, 1.82) is 0 Å². The van der Waals surface area contributed by atoms with E-state index in [-0.39, 0.29) is 21.7 Å². The molecule has 0 saturated carbocycles. The van der Waals surface area contributed by atoms with Crippen molar-refractivity contribution in [2.24, 2.45) is 0 Å². The smallest absolute Gasteiger partial charge is 0.407 e. The molecule has 0 saturated heterocycles. The Morgan fingerprint density at radius 2 is 0.970 bits per heavy atom. The van der Waals surface area contributed by atoms with Gasteiger partial charge in [0, 0.05) is 44.0 Å². The van der Waals surface area contributed by atoms with Gasteiger partial charge in [-0.3, -0.25) is 0 Å².